The van der Waals surface area contributed by atoms with Crippen LogP contribution in [0.2, 0.25) is 0 Å². The number of hydrogen-bond acceptors (Lipinski definition) is 6. The standard InChI is InChI=1S/C18H30N5O5S/c1-13-5-4-6-14(2)17(13)20-18(24)23(25)29(26,27)22(15-7-9-28-10-8-15)16-11-19-21(3)12-16/h11-15,17H,4-10H2,1-3H3,(H,20,24)/q-1. The van der Waals surface area contributed by atoms with E-state index >= 15 is 0 Å². The summed E-state index contributed by atoms with van der Waals surface area (Å²) in [5, 5.41) is 19.4. The van der Waals surface area contributed by atoms with Crippen molar-refractivity contribution in [1.82, 2.24) is 19.6 Å². The van der Waals surface area contributed by atoms with E-state index in [1.54, 1.807) is 7.05 Å². The second kappa shape index (κ2) is 8.88. The van der Waals surface area contributed by atoms with Crippen LogP contribution in [-0.2, 0) is 22.0 Å². The van der Waals surface area contributed by atoms with Gasteiger partial charge in [0.05, 0.1) is 17.9 Å². The molecule has 2 unspecified atom stereocenters. The van der Waals surface area contributed by atoms with Crippen molar-refractivity contribution in [1.29, 1.82) is 0 Å². The van der Waals surface area contributed by atoms with Gasteiger partial charge in [-0.1, -0.05) is 20.3 Å². The molecule has 2 heterocycles. The van der Waals surface area contributed by atoms with Crippen molar-refractivity contribution < 1.29 is 17.9 Å². The van der Waals surface area contributed by atoms with Crippen LogP contribution in [0.1, 0.15) is 46.0 Å². The Morgan fingerprint density at radius 2 is 1.86 bits per heavy atom. The molecule has 0 bridgehead atoms. The molecule has 1 saturated carbocycles. The van der Waals surface area contributed by atoms with Crippen LogP contribution in [0.5, 0.6) is 0 Å². The number of aryl methyl sites for hydroxylation is 1. The Balaban J connectivity index is 1.83. The molecule has 11 heteroatoms. The number of ether oxygens (including phenoxy) is 1. The van der Waals surface area contributed by atoms with Crippen LogP contribution in [0.3, 0.4) is 0 Å². The predicted molar refractivity (Wildman–Crippen MR) is 108 cm³/mol. The molecule has 3 rings (SSSR count). The predicted octanol–water partition coefficient (Wildman–Crippen LogP) is 1.98. The van der Waals surface area contributed by atoms with Gasteiger partial charge >= 0.3 is 16.2 Å². The highest BCUT2D eigenvalue weighted by molar-refractivity contribution is 7.91. The van der Waals surface area contributed by atoms with E-state index in [1.165, 1.54) is 17.1 Å². The number of aromatic nitrogens is 2. The minimum absolute atomic E-state index is 0.184. The van der Waals surface area contributed by atoms with Gasteiger partial charge in [0, 0.05) is 32.5 Å². The van der Waals surface area contributed by atoms with E-state index in [9.17, 15) is 18.4 Å². The zero-order valence-electron chi connectivity index (χ0n) is 17.2. The van der Waals surface area contributed by atoms with Gasteiger partial charge in [-0.15, -0.1) is 0 Å². The topological polar surface area (TPSA) is 120 Å². The summed E-state index contributed by atoms with van der Waals surface area (Å²) in [4.78, 5) is 12.6. The second-order valence-electron chi connectivity index (χ2n) is 8.11. The lowest BCUT2D eigenvalue weighted by Gasteiger charge is -2.41. The van der Waals surface area contributed by atoms with E-state index in [0.717, 1.165) is 23.6 Å². The number of carbonyl (C=O) groups is 1. The quantitative estimate of drug-likeness (QED) is 0.716. The normalized spacial score (nSPS) is 26.1. The number of carbonyl (C=O) groups excluding carboxylic acids is 1. The van der Waals surface area contributed by atoms with Crippen LogP contribution in [0.15, 0.2) is 12.4 Å². The fourth-order valence-corrected chi connectivity index (χ4v) is 5.69. The molecule has 29 heavy (non-hydrogen) atoms. The highest BCUT2D eigenvalue weighted by atomic mass is 32.2. The van der Waals surface area contributed by atoms with Gasteiger partial charge in [0.1, 0.15) is 0 Å². The van der Waals surface area contributed by atoms with E-state index in [1.807, 2.05) is 13.8 Å². The number of nitrogens with zero attached hydrogens (tertiary/aromatic N) is 4. The highest BCUT2D eigenvalue weighted by Crippen LogP contribution is 2.30. The van der Waals surface area contributed by atoms with Crippen molar-refractivity contribution in [2.75, 3.05) is 17.5 Å². The van der Waals surface area contributed by atoms with E-state index in [2.05, 4.69) is 10.4 Å². The average molecular weight is 429 g/mol. The Kier molecular flexibility index (Phi) is 6.69. The minimum atomic E-state index is -4.64. The number of urea groups is 1. The fourth-order valence-electron chi connectivity index (χ4n) is 4.32. The van der Waals surface area contributed by atoms with Crippen LogP contribution in [-0.4, -0.2) is 54.0 Å². The molecule has 2 aliphatic rings. The first-order chi connectivity index (χ1) is 13.7. The summed E-state index contributed by atoms with van der Waals surface area (Å²) in [6.07, 6.45) is 6.69. The van der Waals surface area contributed by atoms with Crippen LogP contribution in [0.4, 0.5) is 10.5 Å². The van der Waals surface area contributed by atoms with Gasteiger partial charge in [-0.3, -0.25) is 9.15 Å². The van der Waals surface area contributed by atoms with Gasteiger partial charge in [-0.05, 0) is 37.5 Å². The molecule has 0 spiro atoms. The summed E-state index contributed by atoms with van der Waals surface area (Å²) < 4.78 is 33.8. The molecule has 0 radical (unpaired) electrons. The maximum Gasteiger partial charge on any atom is 0.322 e. The number of rotatable bonds is 5. The lowest BCUT2D eigenvalue weighted by atomic mass is 9.79. The zero-order valence-corrected chi connectivity index (χ0v) is 18.0. The SMILES string of the molecule is CC1CCCC(C)C1NC(=O)N([O-])S(=O)(=O)N(c1cnn(C)c1)C1CCOCC1. The Morgan fingerprint density at radius 3 is 2.41 bits per heavy atom. The molecule has 10 nitrogen and oxygen atoms in total. The molecule has 2 atom stereocenters. The van der Waals surface area contributed by atoms with Gasteiger partial charge in [0.15, 0.2) is 0 Å². The summed E-state index contributed by atoms with van der Waals surface area (Å²) in [6.45, 7) is 4.79. The largest absolute Gasteiger partial charge is 0.740 e. The first-order valence-electron chi connectivity index (χ1n) is 10.1. The van der Waals surface area contributed by atoms with Crippen molar-refractivity contribution >= 4 is 21.9 Å². The third-order valence-corrected chi connectivity index (χ3v) is 7.52. The van der Waals surface area contributed by atoms with Gasteiger partial charge in [-0.2, -0.15) is 13.5 Å². The maximum atomic E-state index is 13.2. The van der Waals surface area contributed by atoms with E-state index < -0.39 is 26.8 Å². The molecule has 164 valence electrons. The first-order valence-corrected chi connectivity index (χ1v) is 11.5. The number of hydrogen-bond donors (Lipinski definition) is 1. The van der Waals surface area contributed by atoms with Crippen molar-refractivity contribution in [3.05, 3.63) is 17.6 Å². The third-order valence-electron chi connectivity index (χ3n) is 5.93. The lowest BCUT2D eigenvalue weighted by molar-refractivity contribution is 0.0874. The van der Waals surface area contributed by atoms with E-state index in [-0.39, 0.29) is 23.6 Å². The second-order valence-corrected chi connectivity index (χ2v) is 9.73. The van der Waals surface area contributed by atoms with Crippen molar-refractivity contribution in [2.24, 2.45) is 18.9 Å². The van der Waals surface area contributed by atoms with Gasteiger partial charge < -0.3 is 15.3 Å². The maximum absolute atomic E-state index is 13.2. The monoisotopic (exact) mass is 428 g/mol. The molecular weight excluding hydrogens is 398 g/mol. The van der Waals surface area contributed by atoms with Gasteiger partial charge in [0.25, 0.3) is 0 Å². The Bertz CT molecular complexity index is 797. The average Bonchev–Trinajstić information content (AvgIpc) is 3.10. The smallest absolute Gasteiger partial charge is 0.322 e. The summed E-state index contributed by atoms with van der Waals surface area (Å²) in [7, 11) is -2.98. The third kappa shape index (κ3) is 4.67. The molecule has 2 fully saturated rings. The van der Waals surface area contributed by atoms with E-state index in [4.69, 9.17) is 4.74 Å². The number of nitrogens with one attached hydrogen (secondary N) is 1. The Hall–Kier alpha value is -1.85. The van der Waals surface area contributed by atoms with Crippen molar-refractivity contribution in [3.63, 3.8) is 0 Å². The molecule has 1 aromatic rings. The summed E-state index contributed by atoms with van der Waals surface area (Å²) in [5.41, 5.74) is 0.257. The fraction of sp³-hybridized carbons (Fsp3) is 0.778. The Labute approximate surface area is 171 Å². The highest BCUT2D eigenvalue weighted by Gasteiger charge is 2.37. The molecule has 1 aliphatic heterocycles. The molecular formula is C18H30N5O5S-. The minimum Gasteiger partial charge on any atom is -0.740 e. The first kappa shape index (κ1) is 21.8. The Morgan fingerprint density at radius 1 is 1.24 bits per heavy atom. The zero-order chi connectivity index (χ0) is 21.2. The molecule has 1 N–H and O–H groups in total. The summed E-state index contributed by atoms with van der Waals surface area (Å²) in [5.74, 6) is 0.368. The molecule has 1 saturated heterocycles. The molecule has 0 aromatic carbocycles. The van der Waals surface area contributed by atoms with Crippen LogP contribution in [0.25, 0.3) is 0 Å². The molecule has 2 amide bonds. The van der Waals surface area contributed by atoms with Crippen LogP contribution >= 0.6 is 0 Å². The van der Waals surface area contributed by atoms with Gasteiger partial charge in [0.2, 0.25) is 0 Å². The summed E-state index contributed by atoms with van der Waals surface area (Å²) >= 11 is 0. The number of anilines is 1. The number of amides is 2. The molecule has 1 aliphatic carbocycles. The van der Waals surface area contributed by atoms with Crippen LogP contribution < -0.4 is 9.62 Å². The van der Waals surface area contributed by atoms with Crippen LogP contribution in [0, 0.1) is 17.0 Å². The number of hydroxylamine groups is 1. The summed E-state index contributed by atoms with van der Waals surface area (Å²) in [6, 6.07) is -1.84. The lowest BCUT2D eigenvalue weighted by Crippen LogP contribution is -2.55. The van der Waals surface area contributed by atoms with Gasteiger partial charge in [-0.25, -0.2) is 9.10 Å². The van der Waals surface area contributed by atoms with E-state index in [0.29, 0.717) is 26.1 Å². The van der Waals surface area contributed by atoms with Crippen molar-refractivity contribution in [3.8, 4) is 0 Å². The molecule has 1 aromatic heterocycles. The van der Waals surface area contributed by atoms with Crippen molar-refractivity contribution in [2.45, 2.75) is 58.0 Å².